The van der Waals surface area contributed by atoms with E-state index in [4.69, 9.17) is 14.0 Å². The molecule has 0 aliphatic carbocycles. The second kappa shape index (κ2) is 6.85. The molecular formula is C20H24BNO4. The fraction of sp³-hybridized carbons (Fsp3) is 0.400. The normalized spacial score (nSPS) is 18.0. The number of aromatic nitrogens is 1. The van der Waals surface area contributed by atoms with Gasteiger partial charge in [0.2, 0.25) is 0 Å². The highest BCUT2D eigenvalue weighted by Crippen LogP contribution is 2.36. The minimum Gasteiger partial charge on any atom is -0.469 e. The third-order valence-electron chi connectivity index (χ3n) is 5.12. The first kappa shape index (κ1) is 18.6. The summed E-state index contributed by atoms with van der Waals surface area (Å²) in [5.74, 6) is -0.258. The Morgan fingerprint density at radius 3 is 2.42 bits per heavy atom. The van der Waals surface area contributed by atoms with E-state index in [1.54, 1.807) is 12.4 Å². The van der Waals surface area contributed by atoms with Gasteiger partial charge in [-0.15, -0.1) is 0 Å². The van der Waals surface area contributed by atoms with Crippen LogP contribution < -0.4 is 5.46 Å². The molecule has 136 valence electrons. The van der Waals surface area contributed by atoms with Crippen molar-refractivity contribution in [1.29, 1.82) is 0 Å². The van der Waals surface area contributed by atoms with E-state index in [9.17, 15) is 4.79 Å². The lowest BCUT2D eigenvalue weighted by Crippen LogP contribution is -2.41. The van der Waals surface area contributed by atoms with Gasteiger partial charge < -0.3 is 14.0 Å². The Morgan fingerprint density at radius 1 is 1.08 bits per heavy atom. The fourth-order valence-electron chi connectivity index (χ4n) is 2.82. The van der Waals surface area contributed by atoms with Gasteiger partial charge in [0.1, 0.15) is 0 Å². The van der Waals surface area contributed by atoms with Gasteiger partial charge in [-0.1, -0.05) is 30.3 Å². The van der Waals surface area contributed by atoms with E-state index in [2.05, 4.69) is 4.98 Å². The SMILES string of the molecule is COC(=O)Cc1cccc(-c2cncc(B3OC(C)(C)C(C)(C)O3)c2)c1. The van der Waals surface area contributed by atoms with Crippen LogP contribution in [0.25, 0.3) is 11.1 Å². The molecule has 0 radical (unpaired) electrons. The molecule has 1 aliphatic heterocycles. The van der Waals surface area contributed by atoms with Crippen molar-refractivity contribution in [1.82, 2.24) is 4.98 Å². The number of carbonyl (C=O) groups is 1. The maximum absolute atomic E-state index is 11.5. The van der Waals surface area contributed by atoms with Crippen molar-refractivity contribution in [2.45, 2.75) is 45.3 Å². The molecule has 0 atom stereocenters. The maximum atomic E-state index is 11.5. The summed E-state index contributed by atoms with van der Waals surface area (Å²) >= 11 is 0. The van der Waals surface area contributed by atoms with Gasteiger partial charge in [0.05, 0.1) is 24.7 Å². The first-order valence-corrected chi connectivity index (χ1v) is 8.68. The van der Waals surface area contributed by atoms with Crippen LogP contribution in [0.5, 0.6) is 0 Å². The molecule has 0 amide bonds. The lowest BCUT2D eigenvalue weighted by Gasteiger charge is -2.32. The van der Waals surface area contributed by atoms with Crippen LogP contribution in [-0.4, -0.2) is 36.4 Å². The Bertz CT molecular complexity index is 803. The van der Waals surface area contributed by atoms with Crippen molar-refractivity contribution in [3.05, 3.63) is 48.3 Å². The van der Waals surface area contributed by atoms with Gasteiger partial charge >= 0.3 is 13.1 Å². The smallest absolute Gasteiger partial charge is 0.469 e. The Morgan fingerprint density at radius 2 is 1.77 bits per heavy atom. The Kier molecular flexibility index (Phi) is 4.91. The number of rotatable bonds is 4. The van der Waals surface area contributed by atoms with Gasteiger partial charge in [0.25, 0.3) is 0 Å². The van der Waals surface area contributed by atoms with Crippen LogP contribution in [0.1, 0.15) is 33.3 Å². The van der Waals surface area contributed by atoms with Crippen LogP contribution in [-0.2, 0) is 25.3 Å². The molecule has 0 N–H and O–H groups in total. The molecule has 1 aromatic heterocycles. The van der Waals surface area contributed by atoms with E-state index in [0.717, 1.165) is 22.2 Å². The molecule has 5 nitrogen and oxygen atoms in total. The molecule has 0 unspecified atom stereocenters. The van der Waals surface area contributed by atoms with E-state index in [1.807, 2.05) is 58.0 Å². The van der Waals surface area contributed by atoms with Crippen LogP contribution in [0.4, 0.5) is 0 Å². The van der Waals surface area contributed by atoms with Gasteiger partial charge in [-0.3, -0.25) is 9.78 Å². The minimum atomic E-state index is -0.453. The van der Waals surface area contributed by atoms with Crippen molar-refractivity contribution in [2.75, 3.05) is 7.11 Å². The maximum Gasteiger partial charge on any atom is 0.496 e. The number of benzene rings is 1. The van der Waals surface area contributed by atoms with E-state index in [0.29, 0.717) is 0 Å². The summed E-state index contributed by atoms with van der Waals surface area (Å²) < 4.78 is 17.0. The summed E-state index contributed by atoms with van der Waals surface area (Å²) in [6.45, 7) is 8.11. The van der Waals surface area contributed by atoms with Crippen molar-refractivity contribution in [2.24, 2.45) is 0 Å². The van der Waals surface area contributed by atoms with Crippen molar-refractivity contribution >= 4 is 18.6 Å². The second-order valence-corrected chi connectivity index (χ2v) is 7.55. The molecule has 0 bridgehead atoms. The van der Waals surface area contributed by atoms with Crippen LogP contribution in [0.3, 0.4) is 0 Å². The Hall–Kier alpha value is -2.18. The van der Waals surface area contributed by atoms with Gasteiger partial charge in [-0.2, -0.15) is 0 Å². The molecule has 0 spiro atoms. The standard InChI is InChI=1S/C20H24BNO4/c1-19(2)20(3,4)26-21(25-19)17-11-16(12-22-13-17)15-8-6-7-14(9-15)10-18(23)24-5/h6-9,11-13H,10H2,1-5H3. The first-order valence-electron chi connectivity index (χ1n) is 8.68. The first-order chi connectivity index (χ1) is 12.2. The van der Waals surface area contributed by atoms with E-state index in [-0.39, 0.29) is 12.4 Å². The molecule has 2 aromatic rings. The molecule has 1 aliphatic rings. The summed E-state index contributed by atoms with van der Waals surface area (Å²) in [6, 6.07) is 9.82. The molecule has 6 heteroatoms. The van der Waals surface area contributed by atoms with E-state index in [1.165, 1.54) is 7.11 Å². The molecule has 1 aromatic carbocycles. The number of pyridine rings is 1. The van der Waals surface area contributed by atoms with Gasteiger partial charge in [-0.25, -0.2) is 0 Å². The largest absolute Gasteiger partial charge is 0.496 e. The zero-order chi connectivity index (χ0) is 18.9. The lowest BCUT2D eigenvalue weighted by molar-refractivity contribution is -0.139. The summed E-state index contributed by atoms with van der Waals surface area (Å²) in [6.07, 6.45) is 3.81. The summed E-state index contributed by atoms with van der Waals surface area (Å²) in [4.78, 5) is 15.9. The van der Waals surface area contributed by atoms with Crippen LogP contribution in [0.15, 0.2) is 42.7 Å². The lowest BCUT2D eigenvalue weighted by atomic mass is 9.79. The van der Waals surface area contributed by atoms with Crippen molar-refractivity contribution in [3.63, 3.8) is 0 Å². The molecule has 26 heavy (non-hydrogen) atoms. The molecule has 0 saturated carbocycles. The summed E-state index contributed by atoms with van der Waals surface area (Å²) in [7, 11) is 0.940. The third kappa shape index (κ3) is 3.66. The van der Waals surface area contributed by atoms with Gasteiger partial charge in [0, 0.05) is 17.9 Å². The molecule has 3 rings (SSSR count). The van der Waals surface area contributed by atoms with Crippen molar-refractivity contribution in [3.8, 4) is 11.1 Å². The molecule has 2 heterocycles. The number of esters is 1. The molecule has 1 saturated heterocycles. The average Bonchev–Trinajstić information content (AvgIpc) is 2.83. The highest BCUT2D eigenvalue weighted by molar-refractivity contribution is 6.62. The monoisotopic (exact) mass is 353 g/mol. The average molecular weight is 353 g/mol. The number of nitrogens with zero attached hydrogens (tertiary/aromatic N) is 1. The zero-order valence-electron chi connectivity index (χ0n) is 15.9. The second-order valence-electron chi connectivity index (χ2n) is 7.55. The number of methoxy groups -OCH3 is 1. The quantitative estimate of drug-likeness (QED) is 0.625. The summed E-state index contributed by atoms with van der Waals surface area (Å²) in [5.41, 5.74) is 2.92. The van der Waals surface area contributed by atoms with Crippen molar-refractivity contribution < 1.29 is 18.8 Å². The van der Waals surface area contributed by atoms with Crippen LogP contribution >= 0.6 is 0 Å². The van der Waals surface area contributed by atoms with Crippen LogP contribution in [0.2, 0.25) is 0 Å². The summed E-state index contributed by atoms with van der Waals surface area (Å²) in [5, 5.41) is 0. The number of hydrogen-bond acceptors (Lipinski definition) is 5. The Balaban J connectivity index is 1.87. The topological polar surface area (TPSA) is 57.7 Å². The highest BCUT2D eigenvalue weighted by atomic mass is 16.7. The van der Waals surface area contributed by atoms with Gasteiger partial charge in [0.15, 0.2) is 0 Å². The fourth-order valence-corrected chi connectivity index (χ4v) is 2.82. The van der Waals surface area contributed by atoms with E-state index < -0.39 is 18.3 Å². The van der Waals surface area contributed by atoms with E-state index >= 15 is 0 Å². The zero-order valence-corrected chi connectivity index (χ0v) is 15.9. The number of carbonyl (C=O) groups excluding carboxylic acids is 1. The number of ether oxygens (including phenoxy) is 1. The number of hydrogen-bond donors (Lipinski definition) is 0. The minimum absolute atomic E-state index is 0.245. The predicted molar refractivity (Wildman–Crippen MR) is 101 cm³/mol. The van der Waals surface area contributed by atoms with Crippen LogP contribution in [0, 0.1) is 0 Å². The third-order valence-corrected chi connectivity index (χ3v) is 5.12. The predicted octanol–water partition coefficient (Wildman–Crippen LogP) is 2.76. The highest BCUT2D eigenvalue weighted by Gasteiger charge is 2.51. The van der Waals surface area contributed by atoms with Gasteiger partial charge in [-0.05, 0) is 44.4 Å². The molecular weight excluding hydrogens is 329 g/mol. The molecule has 1 fully saturated rings. The Labute approximate surface area is 154 Å².